The van der Waals surface area contributed by atoms with Gasteiger partial charge in [0, 0.05) is 45.1 Å². The number of nitrogens with zero attached hydrogens (tertiary/aromatic N) is 3. The van der Waals surface area contributed by atoms with Crippen LogP contribution in [0.3, 0.4) is 0 Å². The van der Waals surface area contributed by atoms with Crippen LogP contribution in [0, 0.1) is 46.3 Å². The summed E-state index contributed by atoms with van der Waals surface area (Å²) in [7, 11) is -4.23. The van der Waals surface area contributed by atoms with E-state index >= 15 is 0 Å². The molecule has 4 fully saturated rings. The van der Waals surface area contributed by atoms with Crippen molar-refractivity contribution in [2.45, 2.75) is 122 Å². The molecule has 4 saturated carbocycles. The molecule has 0 aromatic heterocycles. The van der Waals surface area contributed by atoms with Crippen molar-refractivity contribution in [3.63, 3.8) is 0 Å². The van der Waals surface area contributed by atoms with Gasteiger partial charge in [0.2, 0.25) is 11.8 Å². The maximum Gasteiger partial charge on any atom is 0.324 e. The largest absolute Gasteiger partial charge is 0.480 e. The lowest BCUT2D eigenvalue weighted by Crippen LogP contribution is -2.65. The Balaban J connectivity index is 1.65. The first-order valence-corrected chi connectivity index (χ1v) is 24.4. The smallest absolute Gasteiger partial charge is 0.324 e. The van der Waals surface area contributed by atoms with Gasteiger partial charge in [-0.1, -0.05) is 20.8 Å². The summed E-state index contributed by atoms with van der Waals surface area (Å²) in [6.45, 7) is 2.36. The number of hydrogen-bond acceptors (Lipinski definition) is 14. The lowest BCUT2D eigenvalue weighted by Gasteiger charge is -2.64. The van der Waals surface area contributed by atoms with Gasteiger partial charge in [-0.05, 0) is 111 Å². The number of carboxylic acid groups (broad SMARTS) is 5. The molecule has 4 rings (SSSR count). The summed E-state index contributed by atoms with van der Waals surface area (Å²) in [6.07, 6.45) is 1.24. The van der Waals surface area contributed by atoms with Gasteiger partial charge >= 0.3 is 29.8 Å². The molecule has 22 nitrogen and oxygen atoms in total. The van der Waals surface area contributed by atoms with Crippen LogP contribution in [0.15, 0.2) is 0 Å². The number of nitrogens with one attached hydrogen (secondary N) is 1. The number of amides is 2. The summed E-state index contributed by atoms with van der Waals surface area (Å²) in [5.41, 5.74) is 2.53. The second-order valence-corrected chi connectivity index (χ2v) is 21.5. The first-order valence-electron chi connectivity index (χ1n) is 22.8. The van der Waals surface area contributed by atoms with Gasteiger partial charge in [0.25, 0.3) is 10.1 Å². The minimum Gasteiger partial charge on any atom is -0.480 e. The zero-order chi connectivity index (χ0) is 49.5. The monoisotopic (exact) mass is 961 g/mol. The first-order chi connectivity index (χ1) is 30.6. The number of carboxylic acids is 5. The summed E-state index contributed by atoms with van der Waals surface area (Å²) in [4.78, 5) is 89.6. The van der Waals surface area contributed by atoms with Crippen molar-refractivity contribution in [3.05, 3.63) is 0 Å². The maximum absolute atomic E-state index is 13.8. The molecule has 0 radical (unpaired) electrons. The van der Waals surface area contributed by atoms with Crippen LogP contribution in [0.5, 0.6) is 0 Å². The summed E-state index contributed by atoms with van der Waals surface area (Å²) in [5, 5.41) is 76.5. The highest BCUT2D eigenvalue weighted by molar-refractivity contribution is 7.85. The molecule has 0 aromatic rings. The number of nitrogens with two attached hydrogens (primary N) is 1. The lowest BCUT2D eigenvalue weighted by atomic mass is 9.43. The Morgan fingerprint density at radius 2 is 1.35 bits per heavy atom. The molecule has 66 heavy (non-hydrogen) atoms. The summed E-state index contributed by atoms with van der Waals surface area (Å²) >= 11 is 0. The quantitative estimate of drug-likeness (QED) is 0.0488. The summed E-state index contributed by atoms with van der Waals surface area (Å²) in [5.74, 6) is -9.20. The number of aliphatic hydroxyl groups is 2. The molecule has 0 aliphatic heterocycles. The molecule has 0 spiro atoms. The molecule has 11 N–H and O–H groups in total. The Morgan fingerprint density at radius 1 is 0.773 bits per heavy atom. The molecule has 4 aliphatic rings. The number of carbonyl (C=O) groups is 7. The number of rotatable bonds is 27. The molecule has 0 aromatic carbocycles. The molecule has 0 saturated heterocycles. The van der Waals surface area contributed by atoms with Crippen LogP contribution in [0.1, 0.15) is 97.8 Å². The number of primary amides is 1. The van der Waals surface area contributed by atoms with Crippen LogP contribution in [0.4, 0.5) is 0 Å². The second kappa shape index (κ2) is 22.4. The van der Waals surface area contributed by atoms with Crippen molar-refractivity contribution in [1.82, 2.24) is 20.0 Å². The fraction of sp³-hybridized carbons (Fsp3) is 0.837. The Morgan fingerprint density at radius 3 is 1.88 bits per heavy atom. The van der Waals surface area contributed by atoms with E-state index in [1.807, 2.05) is 6.92 Å². The van der Waals surface area contributed by atoms with Crippen LogP contribution in [0.25, 0.3) is 0 Å². The van der Waals surface area contributed by atoms with Crippen LogP contribution >= 0.6 is 0 Å². The molecule has 376 valence electrons. The highest BCUT2D eigenvalue weighted by Crippen LogP contribution is 2.68. The molecule has 12 atom stereocenters. The summed E-state index contributed by atoms with van der Waals surface area (Å²) in [6, 6.07) is -0.611. The number of aliphatic carboxylic acids is 5. The van der Waals surface area contributed by atoms with E-state index in [9.17, 15) is 77.7 Å². The summed E-state index contributed by atoms with van der Waals surface area (Å²) < 4.78 is 31.1. The average Bonchev–Trinajstić information content (AvgIpc) is 3.55. The van der Waals surface area contributed by atoms with Crippen LogP contribution < -0.4 is 11.1 Å². The molecule has 23 heteroatoms. The second-order valence-electron chi connectivity index (χ2n) is 19.9. The zero-order valence-electron chi connectivity index (χ0n) is 38.1. The van der Waals surface area contributed by atoms with Crippen molar-refractivity contribution in [3.8, 4) is 0 Å². The van der Waals surface area contributed by atoms with Crippen molar-refractivity contribution in [2.75, 3.05) is 58.1 Å². The molecule has 0 bridgehead atoms. The molecule has 0 heterocycles. The molecular weight excluding hydrogens is 891 g/mol. The van der Waals surface area contributed by atoms with Gasteiger partial charge in [-0.2, -0.15) is 8.42 Å². The maximum atomic E-state index is 13.8. The number of hydrogen-bond donors (Lipinski definition) is 10. The Labute approximate surface area is 385 Å². The van der Waals surface area contributed by atoms with Gasteiger partial charge in [-0.15, -0.1) is 0 Å². The lowest BCUT2D eigenvalue weighted by molar-refractivity contribution is -0.207. The predicted octanol–water partition coefficient (Wildman–Crippen LogP) is 0.0992. The van der Waals surface area contributed by atoms with Crippen molar-refractivity contribution in [1.29, 1.82) is 0 Å². The van der Waals surface area contributed by atoms with Gasteiger partial charge in [-0.25, -0.2) is 0 Å². The van der Waals surface area contributed by atoms with Crippen LogP contribution in [0.2, 0.25) is 0 Å². The average molecular weight is 962 g/mol. The number of fused-ring (bicyclic) bond motifs is 5. The van der Waals surface area contributed by atoms with Gasteiger partial charge in [-0.3, -0.25) is 52.8 Å². The van der Waals surface area contributed by atoms with E-state index in [-0.39, 0.29) is 86.9 Å². The van der Waals surface area contributed by atoms with Gasteiger partial charge in [0.15, 0.2) is 0 Å². The predicted molar refractivity (Wildman–Crippen MR) is 233 cm³/mol. The Kier molecular flexibility index (Phi) is 18.5. The minimum atomic E-state index is -4.23. The Bertz CT molecular complexity index is 1880. The number of aliphatic hydroxyl groups excluding tert-OH is 2. The fourth-order valence-corrected chi connectivity index (χ4v) is 13.4. The standard InChI is InChI=1S/C43H71N5O17S/c1-25(4-7-34(52)45-13-17-66(63,64)65)28-5-6-29-39-30(20-32(50)42(28,29)3)41(2)10-8-27(18-26(41)19-31(39)49)48(16-15-47(23-37(57)58)24-38(59)60)43(40(61)62,11-9-33(44)51)12-14-46(21-35(53)54)22-36(55)56/h25-32,39,49-50H,4-24H2,1-3H3,(H2,44,51)(H,45,52)(H,53,54)(H,55,56)(H,57,58)(H,59,60)(H,61,62)(H,63,64,65)/t25-,26+,27+,28-,29?,30?,31-,32+,39?,41+,42-,43-/m1/s1. The van der Waals surface area contributed by atoms with Gasteiger partial charge in [0.1, 0.15) is 5.54 Å². The SMILES string of the molecule is C[C@H](CCC(=O)NCCS(=O)(=O)O)[C@H]1CCC2C3C(C[C@H](O)[C@@]21C)[C@@]1(C)CC[C@H](N(CCN(CC(=O)O)CC(=O)O)[C@](CCC(N)=O)(CCN(CC(=O)O)CC(=O)O)C(=O)O)C[C@H]1C[C@H]3O. The molecular formula is C43H71N5O17S. The third kappa shape index (κ3) is 13.2. The minimum absolute atomic E-state index is 0.00432. The molecule has 3 unspecified atom stereocenters. The van der Waals surface area contributed by atoms with Crippen LogP contribution in [-0.2, 0) is 43.7 Å². The van der Waals surface area contributed by atoms with E-state index in [2.05, 4.69) is 19.2 Å². The third-order valence-corrected chi connectivity index (χ3v) is 16.9. The Hall–Kier alpha value is -4.00. The van der Waals surface area contributed by atoms with E-state index in [4.69, 9.17) is 10.3 Å². The van der Waals surface area contributed by atoms with E-state index in [1.54, 1.807) is 4.90 Å². The van der Waals surface area contributed by atoms with Crippen molar-refractivity contribution in [2.24, 2.45) is 52.1 Å². The first kappa shape index (κ1) is 54.6. The highest BCUT2D eigenvalue weighted by Gasteiger charge is 2.66. The third-order valence-electron chi connectivity index (χ3n) is 16.1. The fourth-order valence-electron chi connectivity index (χ4n) is 13.0. The van der Waals surface area contributed by atoms with Crippen molar-refractivity contribution < 1.29 is 82.3 Å². The van der Waals surface area contributed by atoms with Gasteiger partial charge in [0.05, 0.1) is 44.1 Å². The topological polar surface area (TPSA) is 363 Å². The zero-order valence-corrected chi connectivity index (χ0v) is 38.9. The van der Waals surface area contributed by atoms with E-state index in [0.29, 0.717) is 38.5 Å². The normalized spacial score (nSPS) is 31.0. The van der Waals surface area contributed by atoms with E-state index < -0.39 is 119 Å². The molecule has 4 aliphatic carbocycles. The van der Waals surface area contributed by atoms with E-state index in [1.165, 1.54) is 0 Å². The van der Waals surface area contributed by atoms with Gasteiger partial charge < -0.3 is 46.8 Å². The highest BCUT2D eigenvalue weighted by atomic mass is 32.2. The van der Waals surface area contributed by atoms with E-state index in [0.717, 1.165) is 22.6 Å². The van der Waals surface area contributed by atoms with Crippen LogP contribution in [-0.4, -0.2) is 187 Å². The van der Waals surface area contributed by atoms with Crippen molar-refractivity contribution >= 4 is 51.8 Å². The number of carbonyl (C=O) groups excluding carboxylic acids is 2. The molecule has 2 amide bonds.